The highest BCUT2D eigenvalue weighted by Gasteiger charge is 2.19. The molecule has 0 fully saturated rings. The molecule has 0 aromatic heterocycles. The van der Waals surface area contributed by atoms with Crippen LogP contribution in [0.1, 0.15) is 18.1 Å². The molecule has 1 amide bonds. The quantitative estimate of drug-likeness (QED) is 0.247. The van der Waals surface area contributed by atoms with Crippen molar-refractivity contribution in [2.24, 2.45) is 0 Å². The second kappa shape index (κ2) is 16.1. The van der Waals surface area contributed by atoms with Crippen molar-refractivity contribution < 1.29 is 42.8 Å². The molecular formula is C30H34FNO8. The molecule has 3 aromatic rings. The lowest BCUT2D eigenvalue weighted by molar-refractivity contribution is -0.149. The highest BCUT2D eigenvalue weighted by Crippen LogP contribution is 2.26. The van der Waals surface area contributed by atoms with Crippen LogP contribution in [0.5, 0.6) is 17.2 Å². The molecule has 0 aliphatic carbocycles. The first-order chi connectivity index (χ1) is 19.4. The Labute approximate surface area is 233 Å². The van der Waals surface area contributed by atoms with E-state index in [0.29, 0.717) is 18.1 Å². The van der Waals surface area contributed by atoms with Crippen LogP contribution >= 0.6 is 0 Å². The molecule has 0 aliphatic rings. The Bertz CT molecular complexity index is 1200. The topological polar surface area (TPSA) is 104 Å². The standard InChI is InChI=1S/C30H34FNO8/c1-3-38-28(29(33)34)20-22-10-14-25(15-11-22)39-19-17-32(16-18-37-21-23-8-12-24(31)13-9-23)30(35)40-27-7-5-4-6-26(27)36-2/h4-15,28H,3,16-21H2,1-2H3,(H,33,34). The number of hydrogen-bond donors (Lipinski definition) is 1. The van der Waals surface area contributed by atoms with Crippen molar-refractivity contribution in [3.63, 3.8) is 0 Å². The van der Waals surface area contributed by atoms with Crippen LogP contribution in [0.2, 0.25) is 0 Å². The summed E-state index contributed by atoms with van der Waals surface area (Å²) >= 11 is 0. The first-order valence-corrected chi connectivity index (χ1v) is 12.9. The van der Waals surface area contributed by atoms with Gasteiger partial charge in [0.05, 0.1) is 26.9 Å². The van der Waals surface area contributed by atoms with E-state index in [-0.39, 0.29) is 50.9 Å². The maximum absolute atomic E-state index is 13.1. The summed E-state index contributed by atoms with van der Waals surface area (Å²) < 4.78 is 40.7. The van der Waals surface area contributed by atoms with Crippen LogP contribution < -0.4 is 14.2 Å². The van der Waals surface area contributed by atoms with Gasteiger partial charge in [0.15, 0.2) is 17.6 Å². The van der Waals surface area contributed by atoms with Gasteiger partial charge in [-0.25, -0.2) is 14.0 Å². The smallest absolute Gasteiger partial charge is 0.415 e. The molecule has 0 bridgehead atoms. The van der Waals surface area contributed by atoms with Crippen LogP contribution in [-0.4, -0.2) is 68.2 Å². The van der Waals surface area contributed by atoms with Crippen LogP contribution in [-0.2, 0) is 27.3 Å². The van der Waals surface area contributed by atoms with Crippen molar-refractivity contribution in [2.45, 2.75) is 26.1 Å². The Balaban J connectivity index is 1.56. The number of amides is 1. The number of rotatable bonds is 16. The largest absolute Gasteiger partial charge is 0.493 e. The van der Waals surface area contributed by atoms with Crippen LogP contribution in [0.15, 0.2) is 72.8 Å². The van der Waals surface area contributed by atoms with Crippen molar-refractivity contribution >= 4 is 12.1 Å². The molecule has 0 radical (unpaired) electrons. The summed E-state index contributed by atoms with van der Waals surface area (Å²) in [5, 5.41) is 9.28. The fourth-order valence-corrected chi connectivity index (χ4v) is 3.73. The number of carboxylic acids is 1. The second-order valence-corrected chi connectivity index (χ2v) is 8.66. The third-order valence-electron chi connectivity index (χ3n) is 5.83. The molecule has 0 aliphatic heterocycles. The molecule has 0 saturated carbocycles. The SMILES string of the molecule is CCOC(Cc1ccc(OCCN(CCOCc2ccc(F)cc2)C(=O)Oc2ccccc2OC)cc1)C(=O)O. The van der Waals surface area contributed by atoms with Crippen molar-refractivity contribution in [3.05, 3.63) is 89.7 Å². The van der Waals surface area contributed by atoms with Gasteiger partial charge in [-0.15, -0.1) is 0 Å². The Kier molecular flexibility index (Phi) is 12.2. The van der Waals surface area contributed by atoms with Gasteiger partial charge in [-0.05, 0) is 54.4 Å². The summed E-state index contributed by atoms with van der Waals surface area (Å²) in [7, 11) is 1.49. The Morgan fingerprint density at radius 1 is 0.900 bits per heavy atom. The van der Waals surface area contributed by atoms with E-state index in [4.69, 9.17) is 23.7 Å². The number of methoxy groups -OCH3 is 1. The van der Waals surface area contributed by atoms with Crippen molar-refractivity contribution in [1.82, 2.24) is 4.90 Å². The zero-order chi connectivity index (χ0) is 28.7. The normalized spacial score (nSPS) is 11.5. The summed E-state index contributed by atoms with van der Waals surface area (Å²) in [6.45, 7) is 3.16. The number of carbonyl (C=O) groups excluding carboxylic acids is 1. The maximum Gasteiger partial charge on any atom is 0.415 e. The fraction of sp³-hybridized carbons (Fsp3) is 0.333. The predicted octanol–water partition coefficient (Wildman–Crippen LogP) is 4.96. The van der Waals surface area contributed by atoms with Gasteiger partial charge in [0.2, 0.25) is 0 Å². The van der Waals surface area contributed by atoms with Gasteiger partial charge in [0.1, 0.15) is 18.2 Å². The number of nitrogens with zero attached hydrogens (tertiary/aromatic N) is 1. The number of para-hydroxylation sites is 2. The Hall–Kier alpha value is -4.15. The molecule has 3 rings (SSSR count). The minimum Gasteiger partial charge on any atom is -0.493 e. The number of ether oxygens (including phenoxy) is 5. The first kappa shape index (κ1) is 30.4. The number of carboxylic acid groups (broad SMARTS) is 1. The highest BCUT2D eigenvalue weighted by molar-refractivity contribution is 5.73. The van der Waals surface area contributed by atoms with Crippen LogP contribution in [0.25, 0.3) is 0 Å². The lowest BCUT2D eigenvalue weighted by Crippen LogP contribution is -2.39. The summed E-state index contributed by atoms with van der Waals surface area (Å²) in [5.41, 5.74) is 1.61. The molecule has 1 unspecified atom stereocenters. The third kappa shape index (κ3) is 9.87. The average molecular weight is 556 g/mol. The molecule has 0 saturated heterocycles. The third-order valence-corrected chi connectivity index (χ3v) is 5.83. The van der Waals surface area contributed by atoms with Crippen molar-refractivity contribution in [1.29, 1.82) is 0 Å². The van der Waals surface area contributed by atoms with Gasteiger partial charge >= 0.3 is 12.1 Å². The molecule has 1 atom stereocenters. The van der Waals surface area contributed by atoms with Crippen LogP contribution in [0.4, 0.5) is 9.18 Å². The molecule has 214 valence electrons. The van der Waals surface area contributed by atoms with Crippen molar-refractivity contribution in [2.75, 3.05) is 40.0 Å². The molecule has 40 heavy (non-hydrogen) atoms. The maximum atomic E-state index is 13.1. The van der Waals surface area contributed by atoms with E-state index in [9.17, 15) is 19.1 Å². The predicted molar refractivity (Wildman–Crippen MR) is 145 cm³/mol. The monoisotopic (exact) mass is 555 g/mol. The number of benzene rings is 3. The first-order valence-electron chi connectivity index (χ1n) is 12.9. The zero-order valence-electron chi connectivity index (χ0n) is 22.6. The van der Waals surface area contributed by atoms with Gasteiger partial charge in [-0.1, -0.05) is 36.4 Å². The van der Waals surface area contributed by atoms with Gasteiger partial charge in [-0.2, -0.15) is 0 Å². The minimum atomic E-state index is -1.01. The van der Waals surface area contributed by atoms with E-state index in [1.54, 1.807) is 67.6 Å². The molecule has 10 heteroatoms. The number of halogens is 1. The van der Waals surface area contributed by atoms with Crippen LogP contribution in [0.3, 0.4) is 0 Å². The highest BCUT2D eigenvalue weighted by atomic mass is 19.1. The number of aliphatic carboxylic acids is 1. The lowest BCUT2D eigenvalue weighted by atomic mass is 10.1. The Morgan fingerprint density at radius 3 is 2.20 bits per heavy atom. The van der Waals surface area contributed by atoms with Crippen molar-refractivity contribution in [3.8, 4) is 17.2 Å². The number of hydrogen-bond acceptors (Lipinski definition) is 7. The molecule has 3 aromatic carbocycles. The van der Waals surface area contributed by atoms with Gasteiger partial charge in [0.25, 0.3) is 0 Å². The molecule has 1 N–H and O–H groups in total. The molecule has 0 spiro atoms. The second-order valence-electron chi connectivity index (χ2n) is 8.66. The van der Waals surface area contributed by atoms with E-state index in [1.165, 1.54) is 24.1 Å². The van der Waals surface area contributed by atoms with Gasteiger partial charge in [0, 0.05) is 19.6 Å². The van der Waals surface area contributed by atoms with Gasteiger partial charge in [-0.3, -0.25) is 0 Å². The average Bonchev–Trinajstić information content (AvgIpc) is 2.96. The summed E-state index contributed by atoms with van der Waals surface area (Å²) in [6.07, 6.45) is -1.27. The van der Waals surface area contributed by atoms with Gasteiger partial charge < -0.3 is 33.7 Å². The minimum absolute atomic E-state index is 0.176. The molecule has 9 nitrogen and oxygen atoms in total. The van der Waals surface area contributed by atoms with E-state index in [0.717, 1.165) is 11.1 Å². The van der Waals surface area contributed by atoms with E-state index < -0.39 is 18.2 Å². The zero-order valence-corrected chi connectivity index (χ0v) is 22.6. The Morgan fingerprint density at radius 2 is 1.55 bits per heavy atom. The van der Waals surface area contributed by atoms with E-state index >= 15 is 0 Å². The molecular weight excluding hydrogens is 521 g/mol. The van der Waals surface area contributed by atoms with E-state index in [1.807, 2.05) is 0 Å². The summed E-state index contributed by atoms with van der Waals surface area (Å²) in [6, 6.07) is 19.9. The van der Waals surface area contributed by atoms with Crippen LogP contribution in [0, 0.1) is 5.82 Å². The summed E-state index contributed by atoms with van der Waals surface area (Å²) in [5.74, 6) is -0.0511. The fourth-order valence-electron chi connectivity index (χ4n) is 3.73. The number of carbonyl (C=O) groups is 2. The van der Waals surface area contributed by atoms with E-state index in [2.05, 4.69) is 0 Å². The lowest BCUT2D eigenvalue weighted by Gasteiger charge is -2.22. The summed E-state index contributed by atoms with van der Waals surface area (Å²) in [4.78, 5) is 25.8. The molecule has 0 heterocycles.